The van der Waals surface area contributed by atoms with Gasteiger partial charge in [0.15, 0.2) is 11.5 Å². The molecule has 1 aromatic rings. The van der Waals surface area contributed by atoms with Gasteiger partial charge in [-0.1, -0.05) is 19.9 Å². The average Bonchev–Trinajstić information content (AvgIpc) is 2.42. The van der Waals surface area contributed by atoms with Gasteiger partial charge < -0.3 is 20.1 Å². The summed E-state index contributed by atoms with van der Waals surface area (Å²) in [5.74, 6) is 0.715. The highest BCUT2D eigenvalue weighted by Crippen LogP contribution is 2.25. The van der Waals surface area contributed by atoms with Crippen LogP contribution >= 0.6 is 0 Å². The van der Waals surface area contributed by atoms with Crippen molar-refractivity contribution in [3.05, 3.63) is 23.8 Å². The molecule has 1 rings (SSSR count). The summed E-state index contributed by atoms with van der Waals surface area (Å²) >= 11 is 0. The second kappa shape index (κ2) is 8.77. The number of phenols is 1. The molecular weight excluding hydrogens is 240 g/mol. The zero-order valence-corrected chi connectivity index (χ0v) is 12.3. The fourth-order valence-corrected chi connectivity index (χ4v) is 2.06. The van der Waals surface area contributed by atoms with Crippen LogP contribution in [0, 0.1) is 0 Å². The standard InChI is InChI=1S/C15H26N2O2/c1-4-9-17(5-2)10-8-16-12-13-6-7-15(19-3)14(18)11-13/h6-7,11,16,18H,4-5,8-10,12H2,1-3H3. The summed E-state index contributed by atoms with van der Waals surface area (Å²) in [5, 5.41) is 13.1. The van der Waals surface area contributed by atoms with Crippen LogP contribution in [0.15, 0.2) is 18.2 Å². The van der Waals surface area contributed by atoms with Gasteiger partial charge in [0, 0.05) is 19.6 Å². The topological polar surface area (TPSA) is 44.7 Å². The van der Waals surface area contributed by atoms with Gasteiger partial charge in [-0.15, -0.1) is 0 Å². The van der Waals surface area contributed by atoms with E-state index in [1.165, 1.54) is 6.42 Å². The minimum atomic E-state index is 0.197. The number of methoxy groups -OCH3 is 1. The van der Waals surface area contributed by atoms with Gasteiger partial charge in [-0.25, -0.2) is 0 Å². The molecule has 0 radical (unpaired) electrons. The SMILES string of the molecule is CCCN(CC)CCNCc1ccc(OC)c(O)c1. The van der Waals surface area contributed by atoms with Crippen molar-refractivity contribution in [1.82, 2.24) is 10.2 Å². The first-order valence-electron chi connectivity index (χ1n) is 7.00. The Morgan fingerprint density at radius 3 is 2.63 bits per heavy atom. The van der Waals surface area contributed by atoms with Crippen molar-refractivity contribution in [2.45, 2.75) is 26.8 Å². The molecule has 0 aliphatic rings. The first kappa shape index (κ1) is 15.8. The van der Waals surface area contributed by atoms with E-state index >= 15 is 0 Å². The molecule has 108 valence electrons. The lowest BCUT2D eigenvalue weighted by Crippen LogP contribution is -2.32. The van der Waals surface area contributed by atoms with Gasteiger partial charge in [-0.3, -0.25) is 0 Å². The fraction of sp³-hybridized carbons (Fsp3) is 0.600. The van der Waals surface area contributed by atoms with Gasteiger partial charge in [0.2, 0.25) is 0 Å². The number of likely N-dealkylation sites (N-methyl/N-ethyl adjacent to an activating group) is 1. The lowest BCUT2D eigenvalue weighted by Gasteiger charge is -2.19. The molecule has 0 spiro atoms. The van der Waals surface area contributed by atoms with E-state index in [0.29, 0.717) is 5.75 Å². The van der Waals surface area contributed by atoms with Crippen molar-refractivity contribution in [3.63, 3.8) is 0 Å². The molecule has 0 unspecified atom stereocenters. The largest absolute Gasteiger partial charge is 0.504 e. The van der Waals surface area contributed by atoms with E-state index in [-0.39, 0.29) is 5.75 Å². The van der Waals surface area contributed by atoms with Crippen molar-refractivity contribution >= 4 is 0 Å². The van der Waals surface area contributed by atoms with Gasteiger partial charge in [0.05, 0.1) is 7.11 Å². The van der Waals surface area contributed by atoms with E-state index in [4.69, 9.17) is 4.74 Å². The maximum Gasteiger partial charge on any atom is 0.160 e. The van der Waals surface area contributed by atoms with Crippen LogP contribution in [0.4, 0.5) is 0 Å². The number of rotatable bonds is 9. The molecule has 0 aromatic heterocycles. The first-order chi connectivity index (χ1) is 9.21. The average molecular weight is 266 g/mol. The van der Waals surface area contributed by atoms with Gasteiger partial charge in [0.25, 0.3) is 0 Å². The Morgan fingerprint density at radius 2 is 2.05 bits per heavy atom. The third kappa shape index (κ3) is 5.49. The lowest BCUT2D eigenvalue weighted by molar-refractivity contribution is 0.287. The molecule has 0 fully saturated rings. The third-order valence-corrected chi connectivity index (χ3v) is 3.16. The molecule has 0 aliphatic carbocycles. The maximum absolute atomic E-state index is 9.68. The Hall–Kier alpha value is -1.26. The van der Waals surface area contributed by atoms with Crippen LogP contribution in [0.1, 0.15) is 25.8 Å². The van der Waals surface area contributed by atoms with Crippen molar-refractivity contribution < 1.29 is 9.84 Å². The Morgan fingerprint density at radius 1 is 1.26 bits per heavy atom. The molecular formula is C15H26N2O2. The zero-order chi connectivity index (χ0) is 14.1. The molecule has 0 bridgehead atoms. The number of phenolic OH excluding ortho intramolecular Hbond substituents is 1. The number of benzene rings is 1. The summed E-state index contributed by atoms with van der Waals surface area (Å²) in [6.07, 6.45) is 1.19. The molecule has 0 heterocycles. The van der Waals surface area contributed by atoms with Crippen molar-refractivity contribution in [1.29, 1.82) is 0 Å². The highest BCUT2D eigenvalue weighted by molar-refractivity contribution is 5.41. The monoisotopic (exact) mass is 266 g/mol. The van der Waals surface area contributed by atoms with Crippen molar-refractivity contribution in [2.75, 3.05) is 33.3 Å². The number of nitrogens with zero attached hydrogens (tertiary/aromatic N) is 1. The Labute approximate surface area is 116 Å². The summed E-state index contributed by atoms with van der Waals surface area (Å²) in [7, 11) is 1.56. The summed E-state index contributed by atoms with van der Waals surface area (Å²) in [6, 6.07) is 5.51. The number of ether oxygens (including phenoxy) is 1. The Balaban J connectivity index is 2.31. The van der Waals surface area contributed by atoms with Crippen LogP contribution in [0.3, 0.4) is 0 Å². The van der Waals surface area contributed by atoms with E-state index in [9.17, 15) is 5.11 Å². The summed E-state index contributed by atoms with van der Waals surface area (Å²) in [5.41, 5.74) is 1.07. The predicted molar refractivity (Wildman–Crippen MR) is 78.8 cm³/mol. The van der Waals surface area contributed by atoms with Crippen LogP contribution in [0.25, 0.3) is 0 Å². The lowest BCUT2D eigenvalue weighted by atomic mass is 10.2. The highest BCUT2D eigenvalue weighted by atomic mass is 16.5. The number of hydrogen-bond acceptors (Lipinski definition) is 4. The summed E-state index contributed by atoms with van der Waals surface area (Å²) < 4.78 is 5.02. The van der Waals surface area contributed by atoms with E-state index in [1.807, 2.05) is 6.07 Å². The van der Waals surface area contributed by atoms with Gasteiger partial charge in [-0.2, -0.15) is 0 Å². The molecule has 2 N–H and O–H groups in total. The molecule has 19 heavy (non-hydrogen) atoms. The molecule has 0 amide bonds. The minimum Gasteiger partial charge on any atom is -0.504 e. The molecule has 1 aromatic carbocycles. The number of nitrogens with one attached hydrogen (secondary N) is 1. The quantitative estimate of drug-likeness (QED) is 0.673. The fourth-order valence-electron chi connectivity index (χ4n) is 2.06. The van der Waals surface area contributed by atoms with E-state index < -0.39 is 0 Å². The van der Waals surface area contributed by atoms with Crippen molar-refractivity contribution in [2.24, 2.45) is 0 Å². The predicted octanol–water partition coefficient (Wildman–Crippen LogP) is 2.22. The molecule has 4 heteroatoms. The Kier molecular flexibility index (Phi) is 7.30. The third-order valence-electron chi connectivity index (χ3n) is 3.16. The van der Waals surface area contributed by atoms with Crippen LogP contribution in [-0.2, 0) is 6.54 Å². The zero-order valence-electron chi connectivity index (χ0n) is 12.3. The highest BCUT2D eigenvalue weighted by Gasteiger charge is 2.03. The van der Waals surface area contributed by atoms with Crippen LogP contribution in [-0.4, -0.2) is 43.3 Å². The normalized spacial score (nSPS) is 10.9. The molecule has 0 saturated heterocycles. The van der Waals surface area contributed by atoms with Gasteiger partial charge in [0.1, 0.15) is 0 Å². The van der Waals surface area contributed by atoms with Gasteiger partial charge in [-0.05, 0) is 37.2 Å². The number of hydrogen-bond donors (Lipinski definition) is 2. The maximum atomic E-state index is 9.68. The van der Waals surface area contributed by atoms with E-state index in [2.05, 4.69) is 24.1 Å². The van der Waals surface area contributed by atoms with E-state index in [0.717, 1.165) is 38.3 Å². The van der Waals surface area contributed by atoms with Crippen LogP contribution in [0.5, 0.6) is 11.5 Å². The summed E-state index contributed by atoms with van der Waals surface area (Å²) in [4.78, 5) is 2.43. The molecule has 0 atom stereocenters. The minimum absolute atomic E-state index is 0.197. The van der Waals surface area contributed by atoms with Gasteiger partial charge >= 0.3 is 0 Å². The van der Waals surface area contributed by atoms with Crippen LogP contribution in [0.2, 0.25) is 0 Å². The van der Waals surface area contributed by atoms with E-state index in [1.54, 1.807) is 19.2 Å². The smallest absolute Gasteiger partial charge is 0.160 e. The molecule has 0 saturated carbocycles. The van der Waals surface area contributed by atoms with Crippen molar-refractivity contribution in [3.8, 4) is 11.5 Å². The molecule has 4 nitrogen and oxygen atoms in total. The second-order valence-corrected chi connectivity index (χ2v) is 4.62. The second-order valence-electron chi connectivity index (χ2n) is 4.62. The Bertz CT molecular complexity index is 369. The summed E-state index contributed by atoms with van der Waals surface area (Å²) in [6.45, 7) is 9.43. The number of aromatic hydroxyl groups is 1. The van der Waals surface area contributed by atoms with Crippen LogP contribution < -0.4 is 10.1 Å². The first-order valence-corrected chi connectivity index (χ1v) is 7.00. The molecule has 0 aliphatic heterocycles.